The second-order valence-electron chi connectivity index (χ2n) is 9.05. The molecule has 1 atom stereocenters. The summed E-state index contributed by atoms with van der Waals surface area (Å²) in [7, 11) is 0. The molecule has 2 saturated heterocycles. The Morgan fingerprint density at radius 2 is 1.81 bits per heavy atom. The highest BCUT2D eigenvalue weighted by molar-refractivity contribution is 5.98. The van der Waals surface area contributed by atoms with Crippen LogP contribution in [0.1, 0.15) is 5.56 Å². The van der Waals surface area contributed by atoms with Crippen molar-refractivity contribution < 1.29 is 14.6 Å². The van der Waals surface area contributed by atoms with Crippen LogP contribution in [0.4, 0.5) is 0 Å². The number of aryl methyl sites for hydroxylation is 1. The molecule has 0 aromatic heterocycles. The predicted molar refractivity (Wildman–Crippen MR) is 128 cm³/mol. The molecule has 5 rings (SSSR count). The monoisotopic (exact) mass is 432 g/mol. The van der Waals surface area contributed by atoms with Gasteiger partial charge in [-0.15, -0.1) is 0 Å². The fourth-order valence-electron chi connectivity index (χ4n) is 4.71. The topological polar surface area (TPSA) is 45.2 Å². The molecule has 2 heterocycles. The number of benzene rings is 3. The van der Waals surface area contributed by atoms with Crippen molar-refractivity contribution in [2.24, 2.45) is 0 Å². The van der Waals surface area contributed by atoms with E-state index in [1.807, 2.05) is 0 Å². The molecular weight excluding hydrogens is 400 g/mol. The van der Waals surface area contributed by atoms with Crippen molar-refractivity contribution in [2.75, 3.05) is 52.5 Å². The van der Waals surface area contributed by atoms with Crippen LogP contribution in [0.2, 0.25) is 0 Å². The third-order valence-electron chi connectivity index (χ3n) is 6.62. The number of β-amino-alcohol motifs (C(OH)–C–C–N with tert-alkyl or cyclic N) is 1. The first-order chi connectivity index (χ1) is 15.7. The van der Waals surface area contributed by atoms with Crippen molar-refractivity contribution in [1.29, 1.82) is 0 Å². The SMILES string of the molecule is Cc1cccc(-c2cc(OCC(O)CN3CCN(C4COC4)CC3)cc3ccccc23)c1. The molecule has 2 aliphatic rings. The molecule has 2 aliphatic heterocycles. The lowest BCUT2D eigenvalue weighted by Crippen LogP contribution is -2.57. The molecule has 32 heavy (non-hydrogen) atoms. The van der Waals surface area contributed by atoms with Crippen LogP contribution >= 0.6 is 0 Å². The van der Waals surface area contributed by atoms with Crippen LogP contribution in [0.5, 0.6) is 5.75 Å². The maximum atomic E-state index is 10.6. The molecule has 5 heteroatoms. The van der Waals surface area contributed by atoms with Crippen LogP contribution in [0.25, 0.3) is 21.9 Å². The fraction of sp³-hybridized carbons (Fsp3) is 0.407. The van der Waals surface area contributed by atoms with Gasteiger partial charge in [-0.05, 0) is 41.0 Å². The summed E-state index contributed by atoms with van der Waals surface area (Å²) >= 11 is 0. The van der Waals surface area contributed by atoms with Crippen LogP contribution in [-0.2, 0) is 4.74 Å². The van der Waals surface area contributed by atoms with Gasteiger partial charge in [0.05, 0.1) is 19.3 Å². The van der Waals surface area contributed by atoms with Crippen LogP contribution in [0, 0.1) is 6.92 Å². The largest absolute Gasteiger partial charge is 0.491 e. The number of hydrogen-bond donors (Lipinski definition) is 1. The van der Waals surface area contributed by atoms with Gasteiger partial charge in [-0.1, -0.05) is 54.1 Å². The van der Waals surface area contributed by atoms with Gasteiger partial charge in [0.25, 0.3) is 0 Å². The molecule has 0 saturated carbocycles. The molecule has 3 aromatic rings. The molecule has 3 aromatic carbocycles. The lowest BCUT2D eigenvalue weighted by Gasteiger charge is -2.42. The van der Waals surface area contributed by atoms with Crippen molar-refractivity contribution in [3.63, 3.8) is 0 Å². The Kier molecular flexibility index (Phi) is 6.42. The van der Waals surface area contributed by atoms with Gasteiger partial charge in [-0.2, -0.15) is 0 Å². The number of aliphatic hydroxyl groups excluding tert-OH is 1. The van der Waals surface area contributed by atoms with Gasteiger partial charge in [0.2, 0.25) is 0 Å². The molecular formula is C27H32N2O3. The fourth-order valence-corrected chi connectivity index (χ4v) is 4.71. The summed E-state index contributed by atoms with van der Waals surface area (Å²) in [6.07, 6.45) is -0.512. The van der Waals surface area contributed by atoms with Crippen molar-refractivity contribution in [1.82, 2.24) is 9.80 Å². The van der Waals surface area contributed by atoms with E-state index in [4.69, 9.17) is 9.47 Å². The third-order valence-corrected chi connectivity index (χ3v) is 6.62. The zero-order valence-corrected chi connectivity index (χ0v) is 18.7. The highest BCUT2D eigenvalue weighted by atomic mass is 16.5. The van der Waals surface area contributed by atoms with Gasteiger partial charge in [-0.3, -0.25) is 9.80 Å². The van der Waals surface area contributed by atoms with E-state index in [1.165, 1.54) is 16.5 Å². The van der Waals surface area contributed by atoms with E-state index in [9.17, 15) is 5.11 Å². The predicted octanol–water partition coefficient (Wildman–Crippen LogP) is 3.57. The van der Waals surface area contributed by atoms with E-state index in [1.54, 1.807) is 0 Å². The third kappa shape index (κ3) is 4.81. The molecule has 0 radical (unpaired) electrons. The first-order valence-corrected chi connectivity index (χ1v) is 11.6. The summed E-state index contributed by atoms with van der Waals surface area (Å²) in [6, 6.07) is 21.7. The molecule has 2 fully saturated rings. The number of hydrogen-bond acceptors (Lipinski definition) is 5. The minimum Gasteiger partial charge on any atom is -0.491 e. The maximum Gasteiger partial charge on any atom is 0.120 e. The molecule has 5 nitrogen and oxygen atoms in total. The number of rotatable bonds is 7. The quantitative estimate of drug-likeness (QED) is 0.618. The van der Waals surface area contributed by atoms with E-state index in [0.29, 0.717) is 19.2 Å². The Labute approximate surface area is 190 Å². The van der Waals surface area contributed by atoms with Crippen molar-refractivity contribution in [2.45, 2.75) is 19.1 Å². The molecule has 0 bridgehead atoms. The summed E-state index contributed by atoms with van der Waals surface area (Å²) in [5, 5.41) is 13.0. The highest BCUT2D eigenvalue weighted by Crippen LogP contribution is 2.33. The maximum absolute atomic E-state index is 10.6. The van der Waals surface area contributed by atoms with E-state index >= 15 is 0 Å². The number of nitrogens with zero attached hydrogens (tertiary/aromatic N) is 2. The van der Waals surface area contributed by atoms with Crippen LogP contribution in [0.3, 0.4) is 0 Å². The van der Waals surface area contributed by atoms with Crippen molar-refractivity contribution in [3.8, 4) is 16.9 Å². The zero-order valence-electron chi connectivity index (χ0n) is 18.7. The Morgan fingerprint density at radius 1 is 1.00 bits per heavy atom. The van der Waals surface area contributed by atoms with Crippen LogP contribution in [0.15, 0.2) is 60.7 Å². The summed E-state index contributed by atoms with van der Waals surface area (Å²) in [4.78, 5) is 4.84. The number of piperazine rings is 1. The smallest absolute Gasteiger partial charge is 0.120 e. The molecule has 1 N–H and O–H groups in total. The summed E-state index contributed by atoms with van der Waals surface area (Å²) < 4.78 is 11.4. The number of aliphatic hydroxyl groups is 1. The minimum absolute atomic E-state index is 0.294. The van der Waals surface area contributed by atoms with Gasteiger partial charge in [0.15, 0.2) is 0 Å². The first kappa shape index (κ1) is 21.4. The normalized spacial score (nSPS) is 19.1. The average Bonchev–Trinajstić information content (AvgIpc) is 2.77. The van der Waals surface area contributed by atoms with Crippen LogP contribution < -0.4 is 4.74 Å². The Morgan fingerprint density at radius 3 is 2.56 bits per heavy atom. The van der Waals surface area contributed by atoms with E-state index in [2.05, 4.69) is 77.4 Å². The molecule has 1 unspecified atom stereocenters. The molecule has 0 amide bonds. The Balaban J connectivity index is 1.23. The summed E-state index contributed by atoms with van der Waals surface area (Å²) in [5.74, 6) is 0.800. The summed E-state index contributed by atoms with van der Waals surface area (Å²) in [5.41, 5.74) is 3.58. The molecule has 0 spiro atoms. The van der Waals surface area contributed by atoms with Gasteiger partial charge in [0.1, 0.15) is 18.5 Å². The Bertz CT molecular complexity index is 1060. The van der Waals surface area contributed by atoms with Gasteiger partial charge < -0.3 is 14.6 Å². The first-order valence-electron chi connectivity index (χ1n) is 11.6. The van der Waals surface area contributed by atoms with Gasteiger partial charge in [0, 0.05) is 32.7 Å². The van der Waals surface area contributed by atoms with Crippen molar-refractivity contribution in [3.05, 3.63) is 66.2 Å². The Hall–Kier alpha value is -2.44. The van der Waals surface area contributed by atoms with E-state index in [0.717, 1.165) is 56.1 Å². The van der Waals surface area contributed by atoms with Gasteiger partial charge in [-0.25, -0.2) is 0 Å². The number of fused-ring (bicyclic) bond motifs is 1. The van der Waals surface area contributed by atoms with Crippen molar-refractivity contribution >= 4 is 10.8 Å². The van der Waals surface area contributed by atoms with E-state index in [-0.39, 0.29) is 0 Å². The van der Waals surface area contributed by atoms with E-state index < -0.39 is 6.10 Å². The minimum atomic E-state index is -0.512. The van der Waals surface area contributed by atoms with Gasteiger partial charge >= 0.3 is 0 Å². The molecule has 168 valence electrons. The zero-order chi connectivity index (χ0) is 21.9. The molecule has 0 aliphatic carbocycles. The lowest BCUT2D eigenvalue weighted by atomic mass is 9.97. The summed E-state index contributed by atoms with van der Waals surface area (Å²) in [6.45, 7) is 8.86. The second kappa shape index (κ2) is 9.59. The second-order valence-corrected chi connectivity index (χ2v) is 9.05. The average molecular weight is 433 g/mol. The standard InChI is InChI=1S/C27H32N2O3/c1-20-5-4-7-21(13-20)27-15-25(14-22-6-2-3-8-26(22)27)32-19-24(30)16-28-9-11-29(12-10-28)23-17-31-18-23/h2-8,13-15,23-24,30H,9-12,16-19H2,1H3. The number of ether oxygens (including phenoxy) is 2. The highest BCUT2D eigenvalue weighted by Gasteiger charge is 2.29. The van der Waals surface area contributed by atoms with Crippen LogP contribution in [-0.4, -0.2) is 79.6 Å². The lowest BCUT2D eigenvalue weighted by molar-refractivity contribution is -0.0793.